The molecule has 0 heterocycles. The van der Waals surface area contributed by atoms with Gasteiger partial charge in [0.15, 0.2) is 12.9 Å². The highest BCUT2D eigenvalue weighted by molar-refractivity contribution is 5.92. The summed E-state index contributed by atoms with van der Waals surface area (Å²) in [5.41, 5.74) is 0.640. The van der Waals surface area contributed by atoms with E-state index in [1.54, 1.807) is 6.07 Å². The number of alkyl halides is 2. The van der Waals surface area contributed by atoms with Crippen molar-refractivity contribution in [3.8, 4) is 17.2 Å². The van der Waals surface area contributed by atoms with Gasteiger partial charge < -0.3 is 19.5 Å². The first-order chi connectivity index (χ1) is 12.0. The van der Waals surface area contributed by atoms with Crippen LogP contribution < -0.4 is 19.5 Å². The van der Waals surface area contributed by atoms with Gasteiger partial charge in [-0.05, 0) is 42.5 Å². The van der Waals surface area contributed by atoms with Crippen molar-refractivity contribution in [2.45, 2.75) is 6.61 Å². The lowest BCUT2D eigenvalue weighted by Gasteiger charge is -2.10. The van der Waals surface area contributed by atoms with Crippen molar-refractivity contribution in [1.82, 2.24) is 0 Å². The van der Waals surface area contributed by atoms with Gasteiger partial charge in [-0.3, -0.25) is 9.59 Å². The van der Waals surface area contributed by atoms with Gasteiger partial charge in [0, 0.05) is 5.69 Å². The third-order valence-electron chi connectivity index (χ3n) is 3.07. The van der Waals surface area contributed by atoms with E-state index in [1.807, 2.05) is 0 Å². The molecule has 0 unspecified atom stereocenters. The van der Waals surface area contributed by atoms with Crippen molar-refractivity contribution < 1.29 is 32.6 Å². The SMILES string of the molecule is COc1ccc(OCC(=O)Nc2ccc(OC(F)F)cc2)c(C=O)c1. The molecule has 8 heteroatoms. The monoisotopic (exact) mass is 351 g/mol. The van der Waals surface area contributed by atoms with Crippen molar-refractivity contribution >= 4 is 17.9 Å². The van der Waals surface area contributed by atoms with E-state index in [1.165, 1.54) is 43.5 Å². The minimum atomic E-state index is -2.91. The Labute approximate surface area is 142 Å². The van der Waals surface area contributed by atoms with E-state index in [0.29, 0.717) is 17.7 Å². The van der Waals surface area contributed by atoms with Gasteiger partial charge in [0.25, 0.3) is 5.91 Å². The highest BCUT2D eigenvalue weighted by atomic mass is 19.3. The number of halogens is 2. The molecule has 0 aromatic heterocycles. The van der Waals surface area contributed by atoms with Gasteiger partial charge in [0.2, 0.25) is 0 Å². The van der Waals surface area contributed by atoms with Crippen LogP contribution >= 0.6 is 0 Å². The van der Waals surface area contributed by atoms with E-state index >= 15 is 0 Å². The number of aldehydes is 1. The number of benzene rings is 2. The lowest BCUT2D eigenvalue weighted by atomic mass is 10.2. The zero-order chi connectivity index (χ0) is 18.2. The third-order valence-corrected chi connectivity index (χ3v) is 3.07. The van der Waals surface area contributed by atoms with Crippen LogP contribution in [0.3, 0.4) is 0 Å². The van der Waals surface area contributed by atoms with Gasteiger partial charge in [-0.1, -0.05) is 0 Å². The standard InChI is InChI=1S/C17H15F2NO5/c1-23-14-6-7-15(11(8-14)9-21)24-10-16(22)20-12-2-4-13(5-3-12)25-17(18)19/h2-9,17H,10H2,1H3,(H,20,22). The van der Waals surface area contributed by atoms with E-state index < -0.39 is 12.5 Å². The quantitative estimate of drug-likeness (QED) is 0.740. The van der Waals surface area contributed by atoms with E-state index in [0.717, 1.165) is 0 Å². The van der Waals surface area contributed by atoms with Crippen LogP contribution in [0.15, 0.2) is 42.5 Å². The summed E-state index contributed by atoms with van der Waals surface area (Å²) in [6.45, 7) is -3.24. The number of methoxy groups -OCH3 is 1. The van der Waals surface area contributed by atoms with E-state index in [2.05, 4.69) is 10.1 Å². The molecule has 0 radical (unpaired) electrons. The van der Waals surface area contributed by atoms with Crippen LogP contribution in [-0.2, 0) is 4.79 Å². The summed E-state index contributed by atoms with van der Waals surface area (Å²) >= 11 is 0. The van der Waals surface area contributed by atoms with Crippen LogP contribution in [0.2, 0.25) is 0 Å². The van der Waals surface area contributed by atoms with Gasteiger partial charge in [-0.25, -0.2) is 0 Å². The molecule has 132 valence electrons. The van der Waals surface area contributed by atoms with Crippen molar-refractivity contribution in [3.63, 3.8) is 0 Å². The average molecular weight is 351 g/mol. The van der Waals surface area contributed by atoms with Crippen molar-refractivity contribution in [3.05, 3.63) is 48.0 Å². The number of rotatable bonds is 8. The number of anilines is 1. The summed E-state index contributed by atoms with van der Waals surface area (Å²) in [4.78, 5) is 22.9. The Bertz CT molecular complexity index is 734. The molecule has 1 amide bonds. The molecule has 0 saturated carbocycles. The molecule has 0 saturated heterocycles. The highest BCUT2D eigenvalue weighted by Crippen LogP contribution is 2.23. The number of nitrogens with one attached hydrogen (secondary N) is 1. The lowest BCUT2D eigenvalue weighted by molar-refractivity contribution is -0.118. The zero-order valence-corrected chi connectivity index (χ0v) is 13.2. The largest absolute Gasteiger partial charge is 0.497 e. The van der Waals surface area contributed by atoms with Crippen LogP contribution in [-0.4, -0.2) is 32.5 Å². The number of ether oxygens (including phenoxy) is 3. The predicted octanol–water partition coefficient (Wildman–Crippen LogP) is 3.13. The first-order valence-corrected chi connectivity index (χ1v) is 7.12. The third kappa shape index (κ3) is 5.45. The second-order valence-electron chi connectivity index (χ2n) is 4.76. The smallest absolute Gasteiger partial charge is 0.387 e. The van der Waals surface area contributed by atoms with Crippen LogP contribution in [0.25, 0.3) is 0 Å². The molecule has 0 aliphatic rings. The topological polar surface area (TPSA) is 73.9 Å². The van der Waals surface area contributed by atoms with Crippen molar-refractivity contribution in [2.75, 3.05) is 19.0 Å². The Balaban J connectivity index is 1.91. The summed E-state index contributed by atoms with van der Waals surface area (Å²) < 4.78 is 38.6. The summed E-state index contributed by atoms with van der Waals surface area (Å²) in [5.74, 6) is 0.241. The Hall–Kier alpha value is -3.16. The summed E-state index contributed by atoms with van der Waals surface area (Å²) in [5, 5.41) is 2.53. The number of carbonyl (C=O) groups is 2. The molecule has 1 N–H and O–H groups in total. The number of hydrogen-bond acceptors (Lipinski definition) is 5. The molecule has 0 bridgehead atoms. The second kappa shape index (κ2) is 8.62. The van der Waals surface area contributed by atoms with Gasteiger partial charge >= 0.3 is 6.61 Å². The second-order valence-corrected chi connectivity index (χ2v) is 4.76. The molecule has 2 aromatic carbocycles. The van der Waals surface area contributed by atoms with Gasteiger partial charge in [0.05, 0.1) is 12.7 Å². The van der Waals surface area contributed by atoms with Crippen LogP contribution in [0.1, 0.15) is 10.4 Å². The van der Waals surface area contributed by atoms with Gasteiger partial charge in [-0.15, -0.1) is 0 Å². The molecule has 0 spiro atoms. The van der Waals surface area contributed by atoms with Crippen LogP contribution in [0.4, 0.5) is 14.5 Å². The average Bonchev–Trinajstić information content (AvgIpc) is 2.61. The maximum Gasteiger partial charge on any atom is 0.387 e. The molecule has 0 atom stereocenters. The molecule has 2 rings (SSSR count). The van der Waals surface area contributed by atoms with E-state index in [-0.39, 0.29) is 23.7 Å². The zero-order valence-electron chi connectivity index (χ0n) is 13.2. The number of carbonyl (C=O) groups excluding carboxylic acids is 2. The molecular formula is C17H15F2NO5. The Morgan fingerprint density at radius 3 is 2.44 bits per heavy atom. The Morgan fingerprint density at radius 1 is 1.16 bits per heavy atom. The Morgan fingerprint density at radius 2 is 1.84 bits per heavy atom. The molecule has 0 fully saturated rings. The fraction of sp³-hybridized carbons (Fsp3) is 0.176. The maximum absolute atomic E-state index is 12.1. The summed E-state index contributed by atoms with van der Waals surface area (Å²) in [7, 11) is 1.47. The molecular weight excluding hydrogens is 336 g/mol. The first-order valence-electron chi connectivity index (χ1n) is 7.12. The summed E-state index contributed by atoms with van der Waals surface area (Å²) in [6, 6.07) is 10.0. The normalized spacial score (nSPS) is 10.2. The Kier molecular flexibility index (Phi) is 6.27. The first kappa shape index (κ1) is 18.2. The molecule has 2 aromatic rings. The predicted molar refractivity (Wildman–Crippen MR) is 85.6 cm³/mol. The highest BCUT2D eigenvalue weighted by Gasteiger charge is 2.09. The van der Waals surface area contributed by atoms with Crippen LogP contribution in [0, 0.1) is 0 Å². The van der Waals surface area contributed by atoms with E-state index in [9.17, 15) is 18.4 Å². The van der Waals surface area contributed by atoms with Crippen LogP contribution in [0.5, 0.6) is 17.2 Å². The minimum Gasteiger partial charge on any atom is -0.497 e. The van der Waals surface area contributed by atoms with Crippen molar-refractivity contribution in [2.24, 2.45) is 0 Å². The summed E-state index contributed by atoms with van der Waals surface area (Å²) in [6.07, 6.45) is 0.595. The van der Waals surface area contributed by atoms with Gasteiger partial charge in [0.1, 0.15) is 17.2 Å². The molecule has 6 nitrogen and oxygen atoms in total. The molecule has 0 aliphatic carbocycles. The maximum atomic E-state index is 12.1. The molecule has 0 aliphatic heterocycles. The minimum absolute atomic E-state index is 0.0156. The van der Waals surface area contributed by atoms with Gasteiger partial charge in [-0.2, -0.15) is 8.78 Å². The van der Waals surface area contributed by atoms with Crippen molar-refractivity contribution in [1.29, 1.82) is 0 Å². The molecule has 25 heavy (non-hydrogen) atoms. The number of amides is 1. The fourth-order valence-electron chi connectivity index (χ4n) is 1.94. The fourth-order valence-corrected chi connectivity index (χ4v) is 1.94. The number of hydrogen-bond donors (Lipinski definition) is 1. The van der Waals surface area contributed by atoms with E-state index in [4.69, 9.17) is 9.47 Å². The lowest BCUT2D eigenvalue weighted by Crippen LogP contribution is -2.20.